The van der Waals surface area contributed by atoms with E-state index in [0.717, 1.165) is 36.5 Å². The smallest absolute Gasteiger partial charge is 0.110 e. The van der Waals surface area contributed by atoms with Crippen molar-refractivity contribution in [2.75, 3.05) is 13.6 Å². The molecule has 0 saturated carbocycles. The van der Waals surface area contributed by atoms with E-state index in [1.165, 1.54) is 0 Å². The van der Waals surface area contributed by atoms with Crippen LogP contribution in [0.15, 0.2) is 24.3 Å². The average molecular weight is 301 g/mol. The summed E-state index contributed by atoms with van der Waals surface area (Å²) in [6.07, 6.45) is 0.999. The van der Waals surface area contributed by atoms with Crippen molar-refractivity contribution in [2.24, 2.45) is 0 Å². The number of nitrogens with zero attached hydrogens (tertiary/aromatic N) is 4. The molecule has 1 unspecified atom stereocenters. The van der Waals surface area contributed by atoms with Crippen molar-refractivity contribution >= 4 is 11.6 Å². The maximum absolute atomic E-state index is 9.58. The first-order valence-corrected chi connectivity index (χ1v) is 7.47. The minimum Gasteiger partial charge on any atom is -0.298 e. The number of likely N-dealkylation sites (N-methyl/N-ethyl adjacent to an activating group) is 1. The molecule has 3 rings (SSSR count). The van der Waals surface area contributed by atoms with E-state index in [1.54, 1.807) is 0 Å². The Labute approximate surface area is 129 Å². The molecule has 0 bridgehead atoms. The summed E-state index contributed by atoms with van der Waals surface area (Å²) in [5.41, 5.74) is 3.32. The number of nitriles is 1. The lowest BCUT2D eigenvalue weighted by Gasteiger charge is -2.30. The van der Waals surface area contributed by atoms with E-state index in [0.29, 0.717) is 16.6 Å². The predicted molar refractivity (Wildman–Crippen MR) is 83.1 cm³/mol. The van der Waals surface area contributed by atoms with E-state index in [-0.39, 0.29) is 0 Å². The summed E-state index contributed by atoms with van der Waals surface area (Å²) in [4.78, 5) is 2.24. The Hall–Kier alpha value is -1.83. The number of fused-ring (bicyclic) bond motifs is 1. The Morgan fingerprint density at radius 1 is 1.48 bits per heavy atom. The molecule has 0 spiro atoms. The number of benzene rings is 1. The van der Waals surface area contributed by atoms with Crippen molar-refractivity contribution in [3.8, 4) is 17.3 Å². The van der Waals surface area contributed by atoms with Gasteiger partial charge in [-0.25, -0.2) is 0 Å². The standard InChI is InChI=1S/C16H17ClN4/c1-3-13-9-20(2)10-15-14(8-18)16(19-21(13)15)11-5-4-6-12(17)7-11/h4-7,13H,3,9-10H2,1-2H3. The molecular formula is C16H17ClN4. The molecule has 0 saturated heterocycles. The van der Waals surface area contributed by atoms with E-state index in [2.05, 4.69) is 24.9 Å². The molecular weight excluding hydrogens is 284 g/mol. The van der Waals surface area contributed by atoms with E-state index < -0.39 is 0 Å². The second-order valence-corrected chi connectivity index (χ2v) is 5.93. The molecule has 0 amide bonds. The highest BCUT2D eigenvalue weighted by Crippen LogP contribution is 2.32. The van der Waals surface area contributed by atoms with Gasteiger partial charge in [-0.1, -0.05) is 30.7 Å². The Bertz CT molecular complexity index is 714. The molecule has 1 aromatic carbocycles. The van der Waals surface area contributed by atoms with Crippen LogP contribution in [-0.4, -0.2) is 28.3 Å². The molecule has 1 aliphatic rings. The topological polar surface area (TPSA) is 44.9 Å². The molecule has 5 heteroatoms. The van der Waals surface area contributed by atoms with Crippen molar-refractivity contribution < 1.29 is 0 Å². The van der Waals surface area contributed by atoms with Gasteiger partial charge in [-0.05, 0) is 25.6 Å². The summed E-state index contributed by atoms with van der Waals surface area (Å²) >= 11 is 6.07. The third-order valence-electron chi connectivity index (χ3n) is 3.98. The zero-order chi connectivity index (χ0) is 15.0. The molecule has 2 heterocycles. The lowest BCUT2D eigenvalue weighted by Crippen LogP contribution is -2.35. The number of rotatable bonds is 2. The lowest BCUT2D eigenvalue weighted by molar-refractivity contribution is 0.206. The van der Waals surface area contributed by atoms with Crippen molar-refractivity contribution in [2.45, 2.75) is 25.9 Å². The van der Waals surface area contributed by atoms with Gasteiger partial charge in [0.1, 0.15) is 17.3 Å². The van der Waals surface area contributed by atoms with Crippen molar-refractivity contribution in [3.63, 3.8) is 0 Å². The van der Waals surface area contributed by atoms with Gasteiger partial charge in [-0.3, -0.25) is 9.58 Å². The first-order chi connectivity index (χ1) is 10.1. The molecule has 108 valence electrons. The second kappa shape index (κ2) is 5.51. The zero-order valence-corrected chi connectivity index (χ0v) is 12.9. The van der Waals surface area contributed by atoms with Crippen LogP contribution >= 0.6 is 11.6 Å². The number of halogens is 1. The van der Waals surface area contributed by atoms with Gasteiger partial charge < -0.3 is 0 Å². The minimum atomic E-state index is 0.318. The van der Waals surface area contributed by atoms with Gasteiger partial charge in [-0.2, -0.15) is 10.4 Å². The van der Waals surface area contributed by atoms with Gasteiger partial charge in [0, 0.05) is 23.7 Å². The van der Waals surface area contributed by atoms with Crippen LogP contribution in [0.4, 0.5) is 0 Å². The predicted octanol–water partition coefficient (Wildman–Crippen LogP) is 3.47. The van der Waals surface area contributed by atoms with E-state index in [9.17, 15) is 5.26 Å². The monoisotopic (exact) mass is 300 g/mol. The largest absolute Gasteiger partial charge is 0.298 e. The fourth-order valence-corrected chi connectivity index (χ4v) is 3.13. The SMILES string of the molecule is CCC1CN(C)Cc2c(C#N)c(-c3cccc(Cl)c3)nn21. The normalized spacial score (nSPS) is 18.3. The molecule has 0 fully saturated rings. The Morgan fingerprint density at radius 3 is 2.95 bits per heavy atom. The molecule has 1 aromatic heterocycles. The van der Waals surface area contributed by atoms with Gasteiger partial charge in [0.15, 0.2) is 0 Å². The van der Waals surface area contributed by atoms with Crippen LogP contribution in [0.2, 0.25) is 5.02 Å². The van der Waals surface area contributed by atoms with Crippen LogP contribution in [0.3, 0.4) is 0 Å². The van der Waals surface area contributed by atoms with Crippen molar-refractivity contribution in [3.05, 3.63) is 40.5 Å². The third kappa shape index (κ3) is 2.44. The molecule has 4 nitrogen and oxygen atoms in total. The zero-order valence-electron chi connectivity index (χ0n) is 12.2. The van der Waals surface area contributed by atoms with E-state index >= 15 is 0 Å². The molecule has 1 atom stereocenters. The number of hydrogen-bond acceptors (Lipinski definition) is 3. The highest BCUT2D eigenvalue weighted by atomic mass is 35.5. The first-order valence-electron chi connectivity index (χ1n) is 7.10. The summed E-state index contributed by atoms with van der Waals surface area (Å²) < 4.78 is 2.04. The molecule has 21 heavy (non-hydrogen) atoms. The summed E-state index contributed by atoms with van der Waals surface area (Å²) in [5, 5.41) is 15.0. The van der Waals surface area contributed by atoms with E-state index in [4.69, 9.17) is 16.7 Å². The molecule has 0 N–H and O–H groups in total. The van der Waals surface area contributed by atoms with Crippen LogP contribution in [0.5, 0.6) is 0 Å². The Balaban J connectivity index is 2.18. The van der Waals surface area contributed by atoms with E-state index in [1.807, 2.05) is 28.9 Å². The fraction of sp³-hybridized carbons (Fsp3) is 0.375. The Kier molecular flexibility index (Phi) is 3.71. The minimum absolute atomic E-state index is 0.318. The van der Waals surface area contributed by atoms with Gasteiger partial charge >= 0.3 is 0 Å². The van der Waals surface area contributed by atoms with Gasteiger partial charge in [-0.15, -0.1) is 0 Å². The van der Waals surface area contributed by atoms with Gasteiger partial charge in [0.2, 0.25) is 0 Å². The van der Waals surface area contributed by atoms with Crippen LogP contribution in [-0.2, 0) is 6.54 Å². The highest BCUT2D eigenvalue weighted by molar-refractivity contribution is 6.30. The summed E-state index contributed by atoms with van der Waals surface area (Å²) in [6, 6.07) is 10.2. The quantitative estimate of drug-likeness (QED) is 0.853. The molecule has 1 aliphatic heterocycles. The maximum Gasteiger partial charge on any atom is 0.110 e. The number of aromatic nitrogens is 2. The highest BCUT2D eigenvalue weighted by Gasteiger charge is 2.28. The fourth-order valence-electron chi connectivity index (χ4n) is 2.94. The van der Waals surface area contributed by atoms with Crippen molar-refractivity contribution in [1.82, 2.24) is 14.7 Å². The first kappa shape index (κ1) is 14.1. The van der Waals surface area contributed by atoms with Crippen molar-refractivity contribution in [1.29, 1.82) is 5.26 Å². The third-order valence-corrected chi connectivity index (χ3v) is 4.21. The summed E-state index contributed by atoms with van der Waals surface area (Å²) in [7, 11) is 2.08. The van der Waals surface area contributed by atoms with Gasteiger partial charge in [0.25, 0.3) is 0 Å². The summed E-state index contributed by atoms with van der Waals surface area (Å²) in [6.45, 7) is 3.87. The van der Waals surface area contributed by atoms with Crippen LogP contribution in [0.1, 0.15) is 30.6 Å². The van der Waals surface area contributed by atoms with Crippen LogP contribution in [0, 0.1) is 11.3 Å². The van der Waals surface area contributed by atoms with Gasteiger partial charge in [0.05, 0.1) is 11.7 Å². The average Bonchev–Trinajstić information content (AvgIpc) is 2.84. The Morgan fingerprint density at radius 2 is 2.29 bits per heavy atom. The van der Waals surface area contributed by atoms with Crippen LogP contribution in [0.25, 0.3) is 11.3 Å². The second-order valence-electron chi connectivity index (χ2n) is 5.50. The molecule has 0 radical (unpaired) electrons. The van der Waals surface area contributed by atoms with Crippen LogP contribution < -0.4 is 0 Å². The molecule has 2 aromatic rings. The molecule has 0 aliphatic carbocycles. The number of hydrogen-bond donors (Lipinski definition) is 0. The maximum atomic E-state index is 9.58. The lowest BCUT2D eigenvalue weighted by atomic mass is 10.0. The summed E-state index contributed by atoms with van der Waals surface area (Å²) in [5.74, 6) is 0.